The molecule has 0 saturated heterocycles. The SMILES string of the molecule is [2H]CCCCCCCCCC(=O)OC[C@@H](O)[C@H](O)[C@@H](O)[C@@H](O)C=O. The highest BCUT2D eigenvalue weighted by Crippen LogP contribution is 2.09. The highest BCUT2D eigenvalue weighted by Gasteiger charge is 2.30. The maximum Gasteiger partial charge on any atom is 0.305 e. The second kappa shape index (κ2) is 13.4. The Morgan fingerprint density at radius 1 is 1.04 bits per heavy atom. The molecular formula is C16H30O7. The van der Waals surface area contributed by atoms with Crippen molar-refractivity contribution in [2.75, 3.05) is 6.61 Å². The van der Waals surface area contributed by atoms with Crippen LogP contribution in [0, 0.1) is 0 Å². The van der Waals surface area contributed by atoms with Gasteiger partial charge in [-0.1, -0.05) is 45.4 Å². The van der Waals surface area contributed by atoms with E-state index < -0.39 is 37.0 Å². The normalized spacial score (nSPS) is 17.0. The number of hydrogen-bond acceptors (Lipinski definition) is 7. The maximum absolute atomic E-state index is 11.5. The van der Waals surface area contributed by atoms with Crippen molar-refractivity contribution in [3.05, 3.63) is 0 Å². The fourth-order valence-corrected chi connectivity index (χ4v) is 2.01. The molecule has 0 unspecified atom stereocenters. The van der Waals surface area contributed by atoms with E-state index in [0.29, 0.717) is 13.3 Å². The number of ether oxygens (including phenoxy) is 1. The fraction of sp³-hybridized carbons (Fsp3) is 0.875. The minimum atomic E-state index is -1.84. The Bertz CT molecular complexity index is 340. The summed E-state index contributed by atoms with van der Waals surface area (Å²) in [6.07, 6.45) is -0.0328. The number of aldehydes is 1. The van der Waals surface area contributed by atoms with Gasteiger partial charge < -0.3 is 30.0 Å². The first-order chi connectivity index (χ1) is 11.4. The molecule has 4 N–H and O–H groups in total. The molecule has 0 aromatic carbocycles. The lowest BCUT2D eigenvalue weighted by Gasteiger charge is -2.23. The molecule has 0 radical (unpaired) electrons. The molecule has 0 spiro atoms. The van der Waals surface area contributed by atoms with Crippen LogP contribution in [0.5, 0.6) is 0 Å². The van der Waals surface area contributed by atoms with E-state index in [-0.39, 0.29) is 12.7 Å². The van der Waals surface area contributed by atoms with Crippen molar-refractivity contribution in [2.45, 2.75) is 82.7 Å². The zero-order valence-electron chi connectivity index (χ0n) is 14.5. The van der Waals surface area contributed by atoms with E-state index in [0.717, 1.165) is 38.5 Å². The molecule has 4 atom stereocenters. The number of esters is 1. The summed E-state index contributed by atoms with van der Waals surface area (Å²) in [7, 11) is 0. The predicted octanol–water partition coefficient (Wildman–Crippen LogP) is 0.313. The molecule has 0 bridgehead atoms. The topological polar surface area (TPSA) is 124 Å². The van der Waals surface area contributed by atoms with Crippen LogP contribution in [0.15, 0.2) is 0 Å². The van der Waals surface area contributed by atoms with Gasteiger partial charge in [-0.15, -0.1) is 0 Å². The van der Waals surface area contributed by atoms with Gasteiger partial charge in [-0.2, -0.15) is 0 Å². The average Bonchev–Trinajstić information content (AvgIpc) is 2.59. The Kier molecular flexibility index (Phi) is 11.7. The lowest BCUT2D eigenvalue weighted by molar-refractivity contribution is -0.156. The third kappa shape index (κ3) is 10.4. The Balaban J connectivity index is 3.72. The molecule has 0 aromatic heterocycles. The fourth-order valence-electron chi connectivity index (χ4n) is 2.01. The predicted molar refractivity (Wildman–Crippen MR) is 83.7 cm³/mol. The summed E-state index contributed by atoms with van der Waals surface area (Å²) >= 11 is 0. The first-order valence-electron chi connectivity index (χ1n) is 8.77. The van der Waals surface area contributed by atoms with Crippen LogP contribution in [0.4, 0.5) is 0 Å². The quantitative estimate of drug-likeness (QED) is 0.205. The molecule has 7 heteroatoms. The molecule has 136 valence electrons. The third-order valence-corrected chi connectivity index (χ3v) is 3.53. The van der Waals surface area contributed by atoms with E-state index in [1.54, 1.807) is 0 Å². The summed E-state index contributed by atoms with van der Waals surface area (Å²) in [5, 5.41) is 37.5. The highest BCUT2D eigenvalue weighted by atomic mass is 16.5. The van der Waals surface area contributed by atoms with E-state index in [9.17, 15) is 24.9 Å². The van der Waals surface area contributed by atoms with Crippen molar-refractivity contribution in [2.24, 2.45) is 0 Å². The second-order valence-corrected chi connectivity index (χ2v) is 5.58. The Labute approximate surface area is 138 Å². The van der Waals surface area contributed by atoms with Crippen molar-refractivity contribution in [1.29, 1.82) is 0 Å². The van der Waals surface area contributed by atoms with Gasteiger partial charge >= 0.3 is 5.97 Å². The molecule has 7 nitrogen and oxygen atoms in total. The summed E-state index contributed by atoms with van der Waals surface area (Å²) < 4.78 is 11.8. The van der Waals surface area contributed by atoms with Gasteiger partial charge in [-0.25, -0.2) is 0 Å². The molecule has 0 heterocycles. The largest absolute Gasteiger partial charge is 0.463 e. The van der Waals surface area contributed by atoms with Gasteiger partial charge in [0.25, 0.3) is 0 Å². The summed E-state index contributed by atoms with van der Waals surface area (Å²) in [5.41, 5.74) is 0. The Morgan fingerprint density at radius 2 is 1.65 bits per heavy atom. The number of rotatable bonds is 14. The lowest BCUT2D eigenvalue weighted by Crippen LogP contribution is -2.46. The van der Waals surface area contributed by atoms with Gasteiger partial charge in [0.1, 0.15) is 31.0 Å². The summed E-state index contributed by atoms with van der Waals surface area (Å²) in [5.74, 6) is -0.513. The minimum absolute atomic E-state index is 0.0412. The Morgan fingerprint density at radius 3 is 2.26 bits per heavy atom. The minimum Gasteiger partial charge on any atom is -0.463 e. The van der Waals surface area contributed by atoms with Crippen molar-refractivity contribution in [3.8, 4) is 0 Å². The van der Waals surface area contributed by atoms with Gasteiger partial charge in [0.05, 0.1) is 0 Å². The van der Waals surface area contributed by atoms with E-state index in [1.165, 1.54) is 0 Å². The number of unbranched alkanes of at least 4 members (excludes halogenated alkanes) is 6. The zero-order chi connectivity index (χ0) is 18.4. The van der Waals surface area contributed by atoms with E-state index in [4.69, 9.17) is 11.2 Å². The van der Waals surface area contributed by atoms with Crippen LogP contribution in [-0.4, -0.2) is 63.7 Å². The molecule has 0 fully saturated rings. The summed E-state index contributed by atoms with van der Waals surface area (Å²) in [6, 6.07) is 0. The molecule has 0 amide bonds. The second-order valence-electron chi connectivity index (χ2n) is 5.58. The molecule has 23 heavy (non-hydrogen) atoms. The highest BCUT2D eigenvalue weighted by molar-refractivity contribution is 5.69. The third-order valence-electron chi connectivity index (χ3n) is 3.53. The lowest BCUT2D eigenvalue weighted by atomic mass is 10.0. The number of carbonyl (C=O) groups excluding carboxylic acids is 2. The molecule has 0 rings (SSSR count). The summed E-state index contributed by atoms with van der Waals surface area (Å²) in [6.45, 7) is -0.0483. The monoisotopic (exact) mass is 335 g/mol. The average molecular weight is 335 g/mol. The first-order valence-corrected chi connectivity index (χ1v) is 8.06. The van der Waals surface area contributed by atoms with Crippen LogP contribution in [0.2, 0.25) is 0 Å². The van der Waals surface area contributed by atoms with Crippen molar-refractivity contribution in [3.63, 3.8) is 0 Å². The van der Waals surface area contributed by atoms with Gasteiger partial charge in [0.15, 0.2) is 6.29 Å². The number of aliphatic hydroxyl groups excluding tert-OH is 4. The van der Waals surface area contributed by atoms with Crippen LogP contribution in [0.1, 0.15) is 59.6 Å². The Hall–Kier alpha value is -1.02. The maximum atomic E-state index is 11.5. The molecule has 0 aliphatic rings. The van der Waals surface area contributed by atoms with E-state index >= 15 is 0 Å². The zero-order valence-corrected chi connectivity index (χ0v) is 13.5. The molecule has 0 aliphatic carbocycles. The van der Waals surface area contributed by atoms with Crippen molar-refractivity contribution >= 4 is 12.3 Å². The van der Waals surface area contributed by atoms with Gasteiger partial charge in [0, 0.05) is 7.79 Å². The number of hydrogen-bond donors (Lipinski definition) is 4. The van der Waals surface area contributed by atoms with Crippen LogP contribution in [-0.2, 0) is 14.3 Å². The van der Waals surface area contributed by atoms with Gasteiger partial charge in [-0.3, -0.25) is 4.79 Å². The van der Waals surface area contributed by atoms with Crippen molar-refractivity contribution < 1.29 is 36.1 Å². The van der Waals surface area contributed by atoms with E-state index in [2.05, 4.69) is 0 Å². The molecular weight excluding hydrogens is 304 g/mol. The molecule has 0 saturated carbocycles. The van der Waals surface area contributed by atoms with Crippen molar-refractivity contribution in [1.82, 2.24) is 0 Å². The van der Waals surface area contributed by atoms with Crippen LogP contribution in [0.3, 0.4) is 0 Å². The molecule has 0 aromatic rings. The number of aliphatic hydroxyl groups is 4. The van der Waals surface area contributed by atoms with Crippen LogP contribution >= 0.6 is 0 Å². The van der Waals surface area contributed by atoms with Gasteiger partial charge in [-0.05, 0) is 6.42 Å². The number of carbonyl (C=O) groups is 2. The van der Waals surface area contributed by atoms with Gasteiger partial charge in [0.2, 0.25) is 0 Å². The standard InChI is InChI=1S/C16H30O7/c1-2-3-4-5-6-7-8-9-14(20)23-11-13(19)16(22)15(21)12(18)10-17/h10,12-13,15-16,18-19,21-22H,2-9,11H2,1H3/t12-,13+,15-,16-/m0/s1/i1D. The molecule has 0 aliphatic heterocycles. The first kappa shape index (κ1) is 20.0. The van der Waals surface area contributed by atoms with Crippen LogP contribution in [0.25, 0.3) is 0 Å². The summed E-state index contributed by atoms with van der Waals surface area (Å²) in [4.78, 5) is 21.8. The van der Waals surface area contributed by atoms with Crippen LogP contribution < -0.4 is 0 Å². The van der Waals surface area contributed by atoms with E-state index in [1.807, 2.05) is 0 Å². The smallest absolute Gasteiger partial charge is 0.305 e.